The number of benzene rings is 1. The van der Waals surface area contributed by atoms with Crippen molar-refractivity contribution in [3.8, 4) is 0 Å². The summed E-state index contributed by atoms with van der Waals surface area (Å²) >= 11 is 0. The number of urea groups is 1. The highest BCUT2D eigenvalue weighted by Gasteiger charge is 2.57. The van der Waals surface area contributed by atoms with Crippen LogP contribution in [-0.4, -0.2) is 48.4 Å². The molecular formula is C24H35N5O5. The summed E-state index contributed by atoms with van der Waals surface area (Å²) in [7, 11) is 0. The van der Waals surface area contributed by atoms with Gasteiger partial charge >= 0.3 is 6.03 Å². The Labute approximate surface area is 200 Å². The number of unbranched alkanes of at least 4 members (excludes halogenated alkanes) is 7. The topological polar surface area (TPSA) is 134 Å². The molecule has 0 aliphatic carbocycles. The van der Waals surface area contributed by atoms with Crippen LogP contribution < -0.4 is 20.9 Å². The van der Waals surface area contributed by atoms with Crippen LogP contribution in [0, 0.1) is 15.5 Å². The Morgan fingerprint density at radius 2 is 1.56 bits per heavy atom. The number of amides is 4. The number of piperazine rings is 1. The number of anilines is 1. The van der Waals surface area contributed by atoms with Gasteiger partial charge in [-0.05, 0) is 18.6 Å². The molecule has 2 aliphatic rings. The minimum absolute atomic E-state index is 0.0252. The molecule has 2 heterocycles. The van der Waals surface area contributed by atoms with Gasteiger partial charge in [0.2, 0.25) is 11.8 Å². The second-order valence-corrected chi connectivity index (χ2v) is 9.12. The number of non-ortho nitro benzene ring substituents is 1. The van der Waals surface area contributed by atoms with E-state index >= 15 is 0 Å². The maximum atomic E-state index is 13.3. The molecule has 0 bridgehead atoms. The quantitative estimate of drug-likeness (QED) is 0.184. The number of nitro groups is 1. The predicted octanol–water partition coefficient (Wildman–Crippen LogP) is 3.26. The molecular weight excluding hydrogens is 438 g/mol. The van der Waals surface area contributed by atoms with Gasteiger partial charge in [0.1, 0.15) is 5.41 Å². The zero-order valence-electron chi connectivity index (χ0n) is 19.8. The van der Waals surface area contributed by atoms with Crippen molar-refractivity contribution >= 4 is 29.2 Å². The Balaban J connectivity index is 1.79. The van der Waals surface area contributed by atoms with Gasteiger partial charge in [-0.3, -0.25) is 30.3 Å². The van der Waals surface area contributed by atoms with Crippen LogP contribution in [-0.2, 0) is 9.59 Å². The summed E-state index contributed by atoms with van der Waals surface area (Å²) in [6.07, 6.45) is 8.94. The van der Waals surface area contributed by atoms with Crippen molar-refractivity contribution in [3.05, 3.63) is 34.4 Å². The monoisotopic (exact) mass is 473 g/mol. The molecule has 1 aromatic carbocycles. The van der Waals surface area contributed by atoms with Gasteiger partial charge < -0.3 is 10.2 Å². The van der Waals surface area contributed by atoms with E-state index in [0.29, 0.717) is 38.2 Å². The Hall–Kier alpha value is -3.01. The summed E-state index contributed by atoms with van der Waals surface area (Å²) in [6.45, 7) is 3.73. The number of nitrogens with zero attached hydrogens (tertiary/aromatic N) is 2. The molecule has 0 saturated carbocycles. The van der Waals surface area contributed by atoms with Crippen LogP contribution in [0.2, 0.25) is 0 Å². The SMILES string of the molecule is CCCCCCCCCCC1(C2CNCCN2c2ccc([N+](=O)[O-])cc2)C(=O)NC(=O)NC1=O. The van der Waals surface area contributed by atoms with E-state index < -0.39 is 34.2 Å². The van der Waals surface area contributed by atoms with Crippen LogP contribution in [0.25, 0.3) is 0 Å². The number of hydrogen-bond donors (Lipinski definition) is 3. The van der Waals surface area contributed by atoms with Gasteiger partial charge in [0.25, 0.3) is 5.69 Å². The Morgan fingerprint density at radius 3 is 2.15 bits per heavy atom. The maximum absolute atomic E-state index is 13.3. The minimum atomic E-state index is -1.44. The number of imide groups is 2. The van der Waals surface area contributed by atoms with Crippen molar-refractivity contribution in [1.29, 1.82) is 0 Å². The largest absolute Gasteiger partial charge is 0.364 e. The molecule has 2 saturated heterocycles. The second kappa shape index (κ2) is 11.9. The first-order valence-corrected chi connectivity index (χ1v) is 12.3. The third-order valence-electron chi connectivity index (χ3n) is 6.89. The summed E-state index contributed by atoms with van der Waals surface area (Å²) < 4.78 is 0. The van der Waals surface area contributed by atoms with Crippen molar-refractivity contribution in [2.75, 3.05) is 24.5 Å². The van der Waals surface area contributed by atoms with Crippen molar-refractivity contribution < 1.29 is 19.3 Å². The molecule has 186 valence electrons. The fourth-order valence-electron chi connectivity index (χ4n) is 5.02. The summed E-state index contributed by atoms with van der Waals surface area (Å²) in [5, 5.41) is 19.0. The molecule has 1 unspecified atom stereocenters. The van der Waals surface area contributed by atoms with Crippen LogP contribution in [0.15, 0.2) is 24.3 Å². The average Bonchev–Trinajstić information content (AvgIpc) is 2.82. The molecule has 0 radical (unpaired) electrons. The van der Waals surface area contributed by atoms with Gasteiger partial charge in [-0.1, -0.05) is 58.3 Å². The van der Waals surface area contributed by atoms with E-state index in [1.165, 1.54) is 37.8 Å². The van der Waals surface area contributed by atoms with Crippen LogP contribution >= 0.6 is 0 Å². The number of nitro benzene ring substituents is 1. The number of rotatable bonds is 12. The minimum Gasteiger partial charge on any atom is -0.364 e. The number of nitrogens with one attached hydrogen (secondary N) is 3. The van der Waals surface area contributed by atoms with Gasteiger partial charge in [-0.2, -0.15) is 0 Å². The molecule has 0 spiro atoms. The van der Waals surface area contributed by atoms with E-state index in [1.807, 2.05) is 4.90 Å². The molecule has 34 heavy (non-hydrogen) atoms. The molecule has 10 heteroatoms. The van der Waals surface area contributed by atoms with E-state index in [2.05, 4.69) is 22.9 Å². The summed E-state index contributed by atoms with van der Waals surface area (Å²) in [4.78, 5) is 50.9. The van der Waals surface area contributed by atoms with Gasteiger partial charge in [-0.15, -0.1) is 0 Å². The first-order valence-electron chi connectivity index (χ1n) is 12.3. The van der Waals surface area contributed by atoms with Crippen molar-refractivity contribution in [1.82, 2.24) is 16.0 Å². The predicted molar refractivity (Wildman–Crippen MR) is 128 cm³/mol. The highest BCUT2D eigenvalue weighted by Crippen LogP contribution is 2.38. The lowest BCUT2D eigenvalue weighted by molar-refractivity contribution is -0.384. The zero-order chi connectivity index (χ0) is 24.6. The lowest BCUT2D eigenvalue weighted by Gasteiger charge is -2.48. The van der Waals surface area contributed by atoms with Gasteiger partial charge in [0.15, 0.2) is 0 Å². The van der Waals surface area contributed by atoms with Crippen molar-refractivity contribution in [2.24, 2.45) is 5.41 Å². The van der Waals surface area contributed by atoms with Crippen LogP contribution in [0.5, 0.6) is 0 Å². The van der Waals surface area contributed by atoms with Gasteiger partial charge in [0, 0.05) is 37.5 Å². The third kappa shape index (κ3) is 5.72. The number of barbiturate groups is 1. The molecule has 1 aromatic rings. The summed E-state index contributed by atoms with van der Waals surface area (Å²) in [6, 6.07) is 4.79. The van der Waals surface area contributed by atoms with E-state index in [4.69, 9.17) is 0 Å². The smallest absolute Gasteiger partial charge is 0.328 e. The van der Waals surface area contributed by atoms with Crippen molar-refractivity contribution in [2.45, 2.75) is 70.8 Å². The lowest BCUT2D eigenvalue weighted by atomic mass is 9.71. The number of carbonyl (C=O) groups excluding carboxylic acids is 3. The lowest BCUT2D eigenvalue weighted by Crippen LogP contribution is -2.72. The first-order chi connectivity index (χ1) is 16.4. The second-order valence-electron chi connectivity index (χ2n) is 9.12. The fourth-order valence-corrected chi connectivity index (χ4v) is 5.02. The van der Waals surface area contributed by atoms with E-state index in [1.54, 1.807) is 12.1 Å². The normalized spacial score (nSPS) is 20.1. The summed E-state index contributed by atoms with van der Waals surface area (Å²) in [5.41, 5.74) is -0.765. The molecule has 1 atom stereocenters. The van der Waals surface area contributed by atoms with E-state index in [-0.39, 0.29) is 5.69 Å². The third-order valence-corrected chi connectivity index (χ3v) is 6.89. The standard InChI is InChI=1S/C24H35N5O5/c1-2-3-4-5-6-7-8-9-14-24(21(30)26-23(32)27-22(24)31)20-17-25-15-16-28(20)18-10-12-19(13-11-18)29(33)34/h10-13,20,25H,2-9,14-17H2,1H3,(H2,26,27,30,31,32). The highest BCUT2D eigenvalue weighted by atomic mass is 16.6. The zero-order valence-corrected chi connectivity index (χ0v) is 19.8. The molecule has 4 amide bonds. The molecule has 10 nitrogen and oxygen atoms in total. The van der Waals surface area contributed by atoms with E-state index in [0.717, 1.165) is 19.3 Å². The number of hydrogen-bond acceptors (Lipinski definition) is 7. The molecule has 2 fully saturated rings. The molecule has 0 aromatic heterocycles. The van der Waals surface area contributed by atoms with Crippen LogP contribution in [0.3, 0.4) is 0 Å². The maximum Gasteiger partial charge on any atom is 0.328 e. The first kappa shape index (κ1) is 25.6. The fraction of sp³-hybridized carbons (Fsp3) is 0.625. The molecule has 2 aliphatic heterocycles. The van der Waals surface area contributed by atoms with Gasteiger partial charge in [-0.25, -0.2) is 4.79 Å². The van der Waals surface area contributed by atoms with Crippen molar-refractivity contribution in [3.63, 3.8) is 0 Å². The summed E-state index contributed by atoms with van der Waals surface area (Å²) in [5.74, 6) is -1.16. The Bertz CT molecular complexity index is 868. The van der Waals surface area contributed by atoms with Crippen LogP contribution in [0.4, 0.5) is 16.2 Å². The molecule has 3 N–H and O–H groups in total. The Morgan fingerprint density at radius 1 is 0.971 bits per heavy atom. The Kier molecular flexibility index (Phi) is 8.98. The van der Waals surface area contributed by atoms with Crippen LogP contribution in [0.1, 0.15) is 64.7 Å². The highest BCUT2D eigenvalue weighted by molar-refractivity contribution is 6.20. The number of carbonyl (C=O) groups is 3. The average molecular weight is 474 g/mol. The molecule has 3 rings (SSSR count). The van der Waals surface area contributed by atoms with Gasteiger partial charge in [0.05, 0.1) is 11.0 Å². The van der Waals surface area contributed by atoms with E-state index in [9.17, 15) is 24.5 Å².